The third-order valence-corrected chi connectivity index (χ3v) is 5.07. The Kier molecular flexibility index (Phi) is 4.48. The van der Waals surface area contributed by atoms with Gasteiger partial charge in [-0.15, -0.1) is 0 Å². The fraction of sp³-hybridized carbons (Fsp3) is 0.167. The van der Waals surface area contributed by atoms with Gasteiger partial charge in [0.1, 0.15) is 17.6 Å². The molecule has 2 aromatic carbocycles. The fourth-order valence-electron chi connectivity index (χ4n) is 3.44. The molecule has 0 spiro atoms. The molecule has 1 fully saturated rings. The smallest absolute Gasteiger partial charge is 0.274 e. The highest BCUT2D eigenvalue weighted by atomic mass is 16.4. The summed E-state index contributed by atoms with van der Waals surface area (Å²) < 4.78 is 11.6. The van der Waals surface area contributed by atoms with Crippen molar-refractivity contribution in [2.75, 3.05) is 0 Å². The summed E-state index contributed by atoms with van der Waals surface area (Å²) in [4.78, 5) is 17.8. The lowest BCUT2D eigenvalue weighted by atomic mass is 10.0. The van der Waals surface area contributed by atoms with Gasteiger partial charge < -0.3 is 14.2 Å². The van der Waals surface area contributed by atoms with Crippen molar-refractivity contribution in [2.24, 2.45) is 0 Å². The van der Waals surface area contributed by atoms with E-state index in [0.29, 0.717) is 23.1 Å². The van der Waals surface area contributed by atoms with Crippen molar-refractivity contribution < 1.29 is 13.6 Å². The molecule has 144 valence electrons. The Hall–Kier alpha value is -3.60. The molecule has 0 bridgehead atoms. The van der Waals surface area contributed by atoms with E-state index in [-0.39, 0.29) is 11.8 Å². The van der Waals surface area contributed by atoms with E-state index in [0.717, 1.165) is 24.0 Å². The number of hydrogen-bond donors (Lipinski definition) is 1. The molecule has 1 atom stereocenters. The number of oxazole rings is 1. The topological polar surface area (TPSA) is 68.3 Å². The monoisotopic (exact) mass is 384 g/mol. The summed E-state index contributed by atoms with van der Waals surface area (Å²) in [7, 11) is 0. The first-order valence-electron chi connectivity index (χ1n) is 9.75. The second kappa shape index (κ2) is 7.43. The third-order valence-electron chi connectivity index (χ3n) is 5.07. The van der Waals surface area contributed by atoms with Crippen LogP contribution in [0, 0.1) is 0 Å². The summed E-state index contributed by atoms with van der Waals surface area (Å²) in [6.45, 7) is 0. The highest BCUT2D eigenvalue weighted by molar-refractivity contribution is 5.94. The number of hydrogen-bond acceptors (Lipinski definition) is 4. The summed E-state index contributed by atoms with van der Waals surface area (Å²) in [5.74, 6) is 1.83. The number of carbonyl (C=O) groups is 1. The van der Waals surface area contributed by atoms with E-state index in [2.05, 4.69) is 10.3 Å². The van der Waals surface area contributed by atoms with Crippen molar-refractivity contribution in [2.45, 2.75) is 24.8 Å². The van der Waals surface area contributed by atoms with Crippen molar-refractivity contribution >= 4 is 5.91 Å². The van der Waals surface area contributed by atoms with Gasteiger partial charge in [0, 0.05) is 11.5 Å². The number of amides is 1. The van der Waals surface area contributed by atoms with Crippen LogP contribution < -0.4 is 5.32 Å². The number of furan rings is 1. The minimum Gasteiger partial charge on any atom is -0.467 e. The predicted octanol–water partition coefficient (Wildman–Crippen LogP) is 5.33. The molecule has 4 aromatic rings. The SMILES string of the molecule is O=C(NC(c1ccccc1)c1ccco1)c1nc(-c2ccccc2)oc1C1CC1. The number of rotatable bonds is 6. The van der Waals surface area contributed by atoms with Crippen LogP contribution in [0.2, 0.25) is 0 Å². The highest BCUT2D eigenvalue weighted by Gasteiger charge is 2.35. The van der Waals surface area contributed by atoms with Crippen LogP contribution in [0.4, 0.5) is 0 Å². The first kappa shape index (κ1) is 17.5. The summed E-state index contributed by atoms with van der Waals surface area (Å²) in [6, 6.07) is 22.7. The van der Waals surface area contributed by atoms with Gasteiger partial charge in [0.15, 0.2) is 5.69 Å². The van der Waals surface area contributed by atoms with Gasteiger partial charge in [0.05, 0.1) is 6.26 Å². The number of nitrogens with zero attached hydrogens (tertiary/aromatic N) is 1. The summed E-state index contributed by atoms with van der Waals surface area (Å²) >= 11 is 0. The first-order chi connectivity index (χ1) is 14.3. The molecule has 0 saturated heterocycles. The van der Waals surface area contributed by atoms with Crippen LogP contribution in [0.1, 0.15) is 52.4 Å². The molecule has 2 aromatic heterocycles. The van der Waals surface area contributed by atoms with Gasteiger partial charge in [-0.3, -0.25) is 4.79 Å². The molecule has 1 N–H and O–H groups in total. The van der Waals surface area contributed by atoms with E-state index in [9.17, 15) is 4.79 Å². The average molecular weight is 384 g/mol. The Labute approximate surface area is 168 Å². The highest BCUT2D eigenvalue weighted by Crippen LogP contribution is 2.43. The normalized spacial score (nSPS) is 14.5. The van der Waals surface area contributed by atoms with Crippen LogP contribution in [0.3, 0.4) is 0 Å². The van der Waals surface area contributed by atoms with Gasteiger partial charge in [-0.1, -0.05) is 48.5 Å². The lowest BCUT2D eigenvalue weighted by Crippen LogP contribution is -2.30. The number of carbonyl (C=O) groups excluding carboxylic acids is 1. The molecule has 5 heteroatoms. The maximum Gasteiger partial charge on any atom is 0.274 e. The molecule has 1 aliphatic rings. The molecular formula is C24H20N2O3. The molecule has 0 radical (unpaired) electrons. The largest absolute Gasteiger partial charge is 0.467 e. The van der Waals surface area contributed by atoms with Crippen LogP contribution in [0.5, 0.6) is 0 Å². The number of nitrogens with one attached hydrogen (secondary N) is 1. The molecular weight excluding hydrogens is 364 g/mol. The van der Waals surface area contributed by atoms with Crippen LogP contribution in [0.25, 0.3) is 11.5 Å². The summed E-state index contributed by atoms with van der Waals surface area (Å²) in [5.41, 5.74) is 2.16. The zero-order chi connectivity index (χ0) is 19.6. The minimum atomic E-state index is -0.400. The Bertz CT molecular complexity index is 1100. The van der Waals surface area contributed by atoms with Crippen molar-refractivity contribution in [1.82, 2.24) is 10.3 Å². The zero-order valence-electron chi connectivity index (χ0n) is 15.7. The molecule has 0 aliphatic heterocycles. The third kappa shape index (κ3) is 3.59. The molecule has 5 nitrogen and oxygen atoms in total. The van der Waals surface area contributed by atoms with Gasteiger partial charge in [-0.05, 0) is 42.7 Å². The van der Waals surface area contributed by atoms with Gasteiger partial charge in [-0.2, -0.15) is 0 Å². The lowest BCUT2D eigenvalue weighted by molar-refractivity contribution is 0.0932. The average Bonchev–Trinajstić information content (AvgIpc) is 3.28. The van der Waals surface area contributed by atoms with Gasteiger partial charge >= 0.3 is 0 Å². The van der Waals surface area contributed by atoms with Crippen molar-refractivity contribution in [3.05, 3.63) is 102 Å². The minimum absolute atomic E-state index is 0.261. The van der Waals surface area contributed by atoms with Crippen LogP contribution in [-0.4, -0.2) is 10.9 Å². The van der Waals surface area contributed by atoms with Crippen LogP contribution in [-0.2, 0) is 0 Å². The maximum atomic E-state index is 13.2. The predicted molar refractivity (Wildman–Crippen MR) is 108 cm³/mol. The number of benzene rings is 2. The Balaban J connectivity index is 1.49. The van der Waals surface area contributed by atoms with E-state index in [1.54, 1.807) is 6.26 Å². The second-order valence-corrected chi connectivity index (χ2v) is 7.20. The van der Waals surface area contributed by atoms with E-state index >= 15 is 0 Å². The van der Waals surface area contributed by atoms with Gasteiger partial charge in [0.2, 0.25) is 5.89 Å². The van der Waals surface area contributed by atoms with Crippen molar-refractivity contribution in [3.8, 4) is 11.5 Å². The number of aromatic nitrogens is 1. The van der Waals surface area contributed by atoms with E-state index in [4.69, 9.17) is 8.83 Å². The molecule has 1 saturated carbocycles. The van der Waals surface area contributed by atoms with Gasteiger partial charge in [-0.25, -0.2) is 4.98 Å². The molecule has 2 heterocycles. The maximum absolute atomic E-state index is 13.2. The first-order valence-corrected chi connectivity index (χ1v) is 9.75. The standard InChI is InChI=1S/C24H20N2O3/c27-23(25-20(19-12-7-15-28-19)16-8-3-1-4-9-16)21-22(17-13-14-17)29-24(26-21)18-10-5-2-6-11-18/h1-12,15,17,20H,13-14H2,(H,25,27). The zero-order valence-corrected chi connectivity index (χ0v) is 15.7. The summed E-state index contributed by atoms with van der Waals surface area (Å²) in [6.07, 6.45) is 3.64. The lowest BCUT2D eigenvalue weighted by Gasteiger charge is -2.16. The van der Waals surface area contributed by atoms with Gasteiger partial charge in [0.25, 0.3) is 5.91 Å². The molecule has 5 rings (SSSR count). The van der Waals surface area contributed by atoms with E-state index < -0.39 is 6.04 Å². The van der Waals surface area contributed by atoms with Crippen LogP contribution >= 0.6 is 0 Å². The quantitative estimate of drug-likeness (QED) is 0.488. The molecule has 1 unspecified atom stereocenters. The molecule has 1 aliphatic carbocycles. The van der Waals surface area contributed by atoms with E-state index in [1.807, 2.05) is 72.8 Å². The fourth-order valence-corrected chi connectivity index (χ4v) is 3.44. The Morgan fingerprint density at radius 1 is 0.966 bits per heavy atom. The Morgan fingerprint density at radius 2 is 1.69 bits per heavy atom. The molecule has 1 amide bonds. The Morgan fingerprint density at radius 3 is 2.34 bits per heavy atom. The van der Waals surface area contributed by atoms with Crippen molar-refractivity contribution in [1.29, 1.82) is 0 Å². The second-order valence-electron chi connectivity index (χ2n) is 7.20. The summed E-state index contributed by atoms with van der Waals surface area (Å²) in [5, 5.41) is 3.08. The van der Waals surface area contributed by atoms with Crippen molar-refractivity contribution in [3.63, 3.8) is 0 Å². The molecule has 29 heavy (non-hydrogen) atoms. The van der Waals surface area contributed by atoms with E-state index in [1.165, 1.54) is 0 Å². The van der Waals surface area contributed by atoms with Crippen LogP contribution in [0.15, 0.2) is 87.9 Å².